The molecule has 0 rings (SSSR count). The molecule has 3 nitrogen and oxygen atoms in total. The maximum absolute atomic E-state index is 11.6. The fourth-order valence-electron chi connectivity index (χ4n) is 0.908. The van der Waals surface area contributed by atoms with Crippen LogP contribution in [0.4, 0.5) is 0 Å². The molecule has 0 aromatic carbocycles. The third-order valence-electron chi connectivity index (χ3n) is 1.59. The Morgan fingerprint density at radius 3 is 2.20 bits per heavy atom. The molecular weight excluding hydrogens is 212 g/mol. The predicted octanol–water partition coefficient (Wildman–Crippen LogP) is 3.12. The Morgan fingerprint density at radius 2 is 1.87 bits per heavy atom. The van der Waals surface area contributed by atoms with Crippen molar-refractivity contribution < 1.29 is 14.6 Å². The van der Waals surface area contributed by atoms with Crippen LogP contribution in [0.15, 0.2) is 10.7 Å². The van der Waals surface area contributed by atoms with Crippen LogP contribution in [0.3, 0.4) is 0 Å². The third-order valence-corrected chi connectivity index (χ3v) is 2.68. The number of hydrogen-bond donors (Lipinski definition) is 1. The number of aliphatic hydroxyl groups excluding tert-OH is 1. The molecule has 0 atom stereocenters. The van der Waals surface area contributed by atoms with Gasteiger partial charge in [-0.15, -0.1) is 11.8 Å². The molecule has 88 valence electrons. The number of allylic oxidation sites excluding steroid dienone is 1. The van der Waals surface area contributed by atoms with Gasteiger partial charge in [-0.25, -0.2) is 4.79 Å². The first-order valence-corrected chi connectivity index (χ1v) is 6.05. The van der Waals surface area contributed by atoms with E-state index < -0.39 is 5.97 Å². The lowest BCUT2D eigenvalue weighted by molar-refractivity contribution is -0.137. The number of carbonyl (C=O) groups excluding carboxylic acids is 1. The summed E-state index contributed by atoms with van der Waals surface area (Å²) < 4.78 is 4.90. The lowest BCUT2D eigenvalue weighted by Crippen LogP contribution is -2.12. The molecule has 0 bridgehead atoms. The van der Waals surface area contributed by atoms with Crippen LogP contribution in [0.2, 0.25) is 0 Å². The molecule has 0 aliphatic heterocycles. The summed E-state index contributed by atoms with van der Waals surface area (Å²) in [6.07, 6.45) is 0. The van der Waals surface area contributed by atoms with Gasteiger partial charge in [-0.1, -0.05) is 27.7 Å². The molecule has 0 aromatic rings. The van der Waals surface area contributed by atoms with Gasteiger partial charge >= 0.3 is 5.97 Å². The minimum Gasteiger partial charge on any atom is -0.511 e. The summed E-state index contributed by atoms with van der Waals surface area (Å²) in [6, 6.07) is 0. The zero-order chi connectivity index (χ0) is 12.0. The molecule has 1 N–H and O–H groups in total. The maximum atomic E-state index is 11.6. The van der Waals surface area contributed by atoms with Gasteiger partial charge in [-0.3, -0.25) is 0 Å². The zero-order valence-electron chi connectivity index (χ0n) is 10.0. The van der Waals surface area contributed by atoms with E-state index in [1.165, 1.54) is 11.8 Å². The second-order valence-electron chi connectivity index (χ2n) is 3.76. The molecule has 15 heavy (non-hydrogen) atoms. The molecule has 0 radical (unpaired) electrons. The Labute approximate surface area is 95.9 Å². The van der Waals surface area contributed by atoms with Crippen molar-refractivity contribution in [3.05, 3.63) is 10.7 Å². The van der Waals surface area contributed by atoms with Crippen LogP contribution >= 0.6 is 11.8 Å². The highest BCUT2D eigenvalue weighted by molar-refractivity contribution is 8.04. The topological polar surface area (TPSA) is 46.5 Å². The van der Waals surface area contributed by atoms with E-state index in [0.717, 1.165) is 0 Å². The molecule has 0 amide bonds. The van der Waals surface area contributed by atoms with Gasteiger partial charge in [0.1, 0.15) is 10.7 Å². The van der Waals surface area contributed by atoms with Gasteiger partial charge in [0, 0.05) is 11.2 Å². The summed E-state index contributed by atoms with van der Waals surface area (Å²) in [7, 11) is 0. The van der Waals surface area contributed by atoms with E-state index in [2.05, 4.69) is 0 Å². The number of aliphatic hydroxyl groups is 1. The van der Waals surface area contributed by atoms with Crippen LogP contribution in [0.5, 0.6) is 0 Å². The minimum absolute atomic E-state index is 0.0596. The summed E-state index contributed by atoms with van der Waals surface area (Å²) in [5.41, 5.74) is 0. The van der Waals surface area contributed by atoms with Gasteiger partial charge in [0.05, 0.1) is 6.61 Å². The smallest absolute Gasteiger partial charge is 0.348 e. The molecule has 0 aliphatic rings. The molecular formula is C11H20O3S. The van der Waals surface area contributed by atoms with E-state index in [9.17, 15) is 9.90 Å². The van der Waals surface area contributed by atoms with Crippen LogP contribution in [0.25, 0.3) is 0 Å². The van der Waals surface area contributed by atoms with Crippen molar-refractivity contribution in [1.82, 2.24) is 0 Å². The fraction of sp³-hybridized carbons (Fsp3) is 0.727. The Bertz CT molecular complexity index is 244. The average molecular weight is 232 g/mol. The molecule has 0 aliphatic carbocycles. The van der Waals surface area contributed by atoms with Crippen LogP contribution in [0, 0.1) is 5.92 Å². The van der Waals surface area contributed by atoms with E-state index in [1.54, 1.807) is 6.92 Å². The van der Waals surface area contributed by atoms with Crippen molar-refractivity contribution in [3.63, 3.8) is 0 Å². The lowest BCUT2D eigenvalue weighted by atomic mass is 10.1. The Kier molecular flexibility index (Phi) is 6.48. The highest BCUT2D eigenvalue weighted by Gasteiger charge is 2.20. The predicted molar refractivity (Wildman–Crippen MR) is 63.9 cm³/mol. The van der Waals surface area contributed by atoms with Crippen LogP contribution in [0.1, 0.15) is 34.6 Å². The monoisotopic (exact) mass is 232 g/mol. The molecule has 0 spiro atoms. The summed E-state index contributed by atoms with van der Waals surface area (Å²) in [6.45, 7) is 9.70. The Morgan fingerprint density at radius 1 is 1.33 bits per heavy atom. The molecule has 0 saturated heterocycles. The normalized spacial score (nSPS) is 13.0. The Balaban J connectivity index is 4.87. The zero-order valence-corrected chi connectivity index (χ0v) is 10.9. The lowest BCUT2D eigenvalue weighted by Gasteiger charge is -2.13. The van der Waals surface area contributed by atoms with Crippen molar-refractivity contribution in [2.45, 2.75) is 39.9 Å². The summed E-state index contributed by atoms with van der Waals surface area (Å²) in [4.78, 5) is 11.9. The van der Waals surface area contributed by atoms with Gasteiger partial charge in [-0.05, 0) is 6.92 Å². The summed E-state index contributed by atoms with van der Waals surface area (Å²) >= 11 is 1.34. The molecule has 0 heterocycles. The van der Waals surface area contributed by atoms with Crippen molar-refractivity contribution in [1.29, 1.82) is 0 Å². The molecule has 0 fully saturated rings. The SMILES string of the molecule is CCOC(=O)/C(SC(C)C)=C(\O)C(C)C. The second kappa shape index (κ2) is 6.77. The van der Waals surface area contributed by atoms with E-state index in [-0.39, 0.29) is 16.9 Å². The third kappa shape index (κ3) is 5.11. The van der Waals surface area contributed by atoms with Crippen molar-refractivity contribution in [2.75, 3.05) is 6.61 Å². The number of esters is 1. The maximum Gasteiger partial charge on any atom is 0.348 e. The van der Waals surface area contributed by atoms with Gasteiger partial charge in [-0.2, -0.15) is 0 Å². The summed E-state index contributed by atoms with van der Waals surface area (Å²) in [5, 5.41) is 10.0. The average Bonchev–Trinajstić information content (AvgIpc) is 2.13. The molecule has 4 heteroatoms. The first-order chi connectivity index (χ1) is 6.90. The quantitative estimate of drug-likeness (QED) is 0.449. The number of hydrogen-bond acceptors (Lipinski definition) is 4. The first-order valence-electron chi connectivity index (χ1n) is 5.17. The fourth-order valence-corrected chi connectivity index (χ4v) is 1.89. The first kappa shape index (κ1) is 14.4. The highest BCUT2D eigenvalue weighted by atomic mass is 32.2. The van der Waals surface area contributed by atoms with Crippen LogP contribution < -0.4 is 0 Å². The number of ether oxygens (including phenoxy) is 1. The van der Waals surface area contributed by atoms with E-state index in [4.69, 9.17) is 4.74 Å². The molecule has 0 unspecified atom stereocenters. The Hall–Kier alpha value is -0.640. The molecule has 0 aromatic heterocycles. The summed E-state index contributed by atoms with van der Waals surface area (Å²) in [5.74, 6) is -0.370. The van der Waals surface area contributed by atoms with Gasteiger partial charge in [0.25, 0.3) is 0 Å². The van der Waals surface area contributed by atoms with Gasteiger partial charge < -0.3 is 9.84 Å². The largest absolute Gasteiger partial charge is 0.511 e. The molecule has 0 saturated carbocycles. The number of rotatable bonds is 5. The van der Waals surface area contributed by atoms with E-state index >= 15 is 0 Å². The number of thioether (sulfide) groups is 1. The standard InChI is InChI=1S/C11H20O3S/c1-6-14-11(13)10(15-8(4)5)9(12)7(2)3/h7-8,12H,6H2,1-5H3/b10-9+. The minimum atomic E-state index is -0.428. The number of carbonyl (C=O) groups is 1. The van der Waals surface area contributed by atoms with E-state index in [1.807, 2.05) is 27.7 Å². The van der Waals surface area contributed by atoms with Crippen molar-refractivity contribution in [3.8, 4) is 0 Å². The van der Waals surface area contributed by atoms with Crippen LogP contribution in [-0.4, -0.2) is 22.9 Å². The van der Waals surface area contributed by atoms with Crippen LogP contribution in [-0.2, 0) is 9.53 Å². The van der Waals surface area contributed by atoms with Crippen molar-refractivity contribution >= 4 is 17.7 Å². The van der Waals surface area contributed by atoms with Gasteiger partial charge in [0.15, 0.2) is 0 Å². The second-order valence-corrected chi connectivity index (χ2v) is 5.34. The van der Waals surface area contributed by atoms with Gasteiger partial charge in [0.2, 0.25) is 0 Å². The van der Waals surface area contributed by atoms with E-state index in [0.29, 0.717) is 11.5 Å². The van der Waals surface area contributed by atoms with Crippen molar-refractivity contribution in [2.24, 2.45) is 5.92 Å². The highest BCUT2D eigenvalue weighted by Crippen LogP contribution is 2.27.